The summed E-state index contributed by atoms with van der Waals surface area (Å²) in [4.78, 5) is 15.6. The lowest BCUT2D eigenvalue weighted by Crippen LogP contribution is -2.01. The third-order valence-electron chi connectivity index (χ3n) is 9.87. The summed E-state index contributed by atoms with van der Waals surface area (Å²) in [5.74, 6) is 1.66. The predicted molar refractivity (Wildman–Crippen MR) is 205 cm³/mol. The smallest absolute Gasteiger partial charge is 0.167 e. The van der Waals surface area contributed by atoms with Gasteiger partial charge in [-0.25, -0.2) is 15.0 Å². The highest BCUT2D eigenvalue weighted by Crippen LogP contribution is 2.40. The van der Waals surface area contributed by atoms with E-state index < -0.39 is 0 Å². The molecule has 0 aliphatic heterocycles. The molecule has 0 bridgehead atoms. The first-order valence-electron chi connectivity index (χ1n) is 16.9. The second-order valence-electron chi connectivity index (χ2n) is 12.8. The first-order chi connectivity index (χ1) is 25.3. The molecule has 11 aromatic rings. The van der Waals surface area contributed by atoms with Gasteiger partial charge in [-0.3, -0.25) is 0 Å². The van der Waals surface area contributed by atoms with E-state index in [9.17, 15) is 0 Å². The summed E-state index contributed by atoms with van der Waals surface area (Å²) in [5, 5.41) is 6.40. The van der Waals surface area contributed by atoms with Crippen molar-refractivity contribution in [1.82, 2.24) is 19.5 Å². The van der Waals surface area contributed by atoms with Crippen molar-refractivity contribution in [3.05, 3.63) is 158 Å². The molecule has 0 atom stereocenters. The second-order valence-corrected chi connectivity index (χ2v) is 12.8. The van der Waals surface area contributed by atoms with E-state index in [-0.39, 0.29) is 0 Å². The van der Waals surface area contributed by atoms with Crippen LogP contribution in [0.5, 0.6) is 0 Å². The van der Waals surface area contributed by atoms with Crippen molar-refractivity contribution in [3.63, 3.8) is 0 Å². The van der Waals surface area contributed by atoms with Gasteiger partial charge in [-0.1, -0.05) is 103 Å². The Labute approximate surface area is 290 Å². The van der Waals surface area contributed by atoms with Crippen molar-refractivity contribution < 1.29 is 8.83 Å². The van der Waals surface area contributed by atoms with E-state index in [1.807, 2.05) is 60.7 Å². The van der Waals surface area contributed by atoms with E-state index in [4.69, 9.17) is 23.8 Å². The molecule has 0 amide bonds. The normalized spacial score (nSPS) is 11.9. The second kappa shape index (κ2) is 10.7. The average Bonchev–Trinajstić information content (AvgIpc) is 3.87. The van der Waals surface area contributed by atoms with E-state index in [1.54, 1.807) is 0 Å². The van der Waals surface area contributed by atoms with Crippen LogP contribution in [0, 0.1) is 0 Å². The summed E-state index contributed by atoms with van der Waals surface area (Å²) in [6.07, 6.45) is 0. The molecule has 238 valence electrons. The quantitative estimate of drug-likeness (QED) is 0.189. The van der Waals surface area contributed by atoms with Crippen LogP contribution in [-0.2, 0) is 0 Å². The highest BCUT2D eigenvalue weighted by molar-refractivity contribution is 6.15. The van der Waals surface area contributed by atoms with Gasteiger partial charge in [0.1, 0.15) is 22.3 Å². The summed E-state index contributed by atoms with van der Waals surface area (Å²) in [6.45, 7) is 0. The monoisotopic (exact) mass is 654 g/mol. The molecule has 0 aliphatic carbocycles. The number of benzene rings is 7. The maximum absolute atomic E-state index is 6.48. The van der Waals surface area contributed by atoms with Gasteiger partial charge in [-0.05, 0) is 54.6 Å². The Bertz CT molecular complexity index is 3150. The van der Waals surface area contributed by atoms with Crippen molar-refractivity contribution in [3.8, 4) is 39.9 Å². The highest BCUT2D eigenvalue weighted by Gasteiger charge is 2.22. The van der Waals surface area contributed by atoms with Crippen LogP contribution in [0.3, 0.4) is 0 Å². The molecule has 0 unspecified atom stereocenters. The lowest BCUT2D eigenvalue weighted by Gasteiger charge is -2.11. The van der Waals surface area contributed by atoms with Crippen molar-refractivity contribution in [2.75, 3.05) is 0 Å². The molecule has 0 radical (unpaired) electrons. The zero-order valence-corrected chi connectivity index (χ0v) is 27.1. The molecule has 51 heavy (non-hydrogen) atoms. The fourth-order valence-corrected chi connectivity index (χ4v) is 7.60. The number of furan rings is 2. The van der Waals surface area contributed by atoms with E-state index in [0.29, 0.717) is 17.5 Å². The molecular formula is C45H26N4O2. The zero-order chi connectivity index (χ0) is 33.5. The molecule has 7 aromatic carbocycles. The van der Waals surface area contributed by atoms with Crippen molar-refractivity contribution >= 4 is 65.7 Å². The van der Waals surface area contributed by atoms with Crippen LogP contribution in [0.15, 0.2) is 167 Å². The van der Waals surface area contributed by atoms with Gasteiger partial charge in [0.05, 0.1) is 16.6 Å². The molecule has 0 N–H and O–H groups in total. The van der Waals surface area contributed by atoms with Crippen molar-refractivity contribution in [2.24, 2.45) is 0 Å². The van der Waals surface area contributed by atoms with E-state index in [0.717, 1.165) is 88.1 Å². The minimum Gasteiger partial charge on any atom is -0.456 e. The van der Waals surface area contributed by atoms with E-state index >= 15 is 0 Å². The molecule has 11 rings (SSSR count). The number of hydrogen-bond donors (Lipinski definition) is 0. The van der Waals surface area contributed by atoms with Crippen LogP contribution in [0.25, 0.3) is 106 Å². The van der Waals surface area contributed by atoms with Gasteiger partial charge >= 0.3 is 0 Å². The third kappa shape index (κ3) is 4.20. The van der Waals surface area contributed by atoms with Crippen LogP contribution < -0.4 is 0 Å². The van der Waals surface area contributed by atoms with Crippen LogP contribution in [0.2, 0.25) is 0 Å². The lowest BCUT2D eigenvalue weighted by molar-refractivity contribution is 0.668. The van der Waals surface area contributed by atoms with Crippen LogP contribution in [0.4, 0.5) is 0 Å². The molecule has 6 heteroatoms. The van der Waals surface area contributed by atoms with Crippen LogP contribution in [0.1, 0.15) is 0 Å². The van der Waals surface area contributed by atoms with Gasteiger partial charge in [0.25, 0.3) is 0 Å². The number of para-hydroxylation sites is 5. The van der Waals surface area contributed by atoms with Crippen molar-refractivity contribution in [1.29, 1.82) is 0 Å². The lowest BCUT2D eigenvalue weighted by atomic mass is 10.0. The number of hydrogen-bond acceptors (Lipinski definition) is 5. The fourth-order valence-electron chi connectivity index (χ4n) is 7.60. The molecule has 6 nitrogen and oxygen atoms in total. The molecular weight excluding hydrogens is 629 g/mol. The average molecular weight is 655 g/mol. The minimum absolute atomic E-state index is 0.535. The first-order valence-corrected chi connectivity index (χ1v) is 16.9. The maximum atomic E-state index is 6.48. The third-order valence-corrected chi connectivity index (χ3v) is 9.87. The van der Waals surface area contributed by atoms with Gasteiger partial charge in [0.2, 0.25) is 0 Å². The SMILES string of the molecule is c1ccc(-n2c3ccccc3c3c(-c4nc(-c5ccc6c(c5)oc5ccccc56)nc(-c5cccc6c5oc5ccccc56)n4)cccc32)cc1. The Morgan fingerprint density at radius 2 is 0.980 bits per heavy atom. The summed E-state index contributed by atoms with van der Waals surface area (Å²) in [5.41, 5.74) is 9.04. The summed E-state index contributed by atoms with van der Waals surface area (Å²) in [6, 6.07) is 53.9. The topological polar surface area (TPSA) is 69.9 Å². The van der Waals surface area contributed by atoms with Crippen molar-refractivity contribution in [2.45, 2.75) is 0 Å². The largest absolute Gasteiger partial charge is 0.456 e. The zero-order valence-electron chi connectivity index (χ0n) is 27.1. The molecule has 0 saturated heterocycles. The Balaban J connectivity index is 1.21. The number of aromatic nitrogens is 4. The van der Waals surface area contributed by atoms with E-state index in [1.165, 1.54) is 0 Å². The van der Waals surface area contributed by atoms with E-state index in [2.05, 4.69) is 102 Å². The van der Waals surface area contributed by atoms with Crippen LogP contribution in [-0.4, -0.2) is 19.5 Å². The molecule has 4 heterocycles. The number of nitrogens with zero attached hydrogens (tertiary/aromatic N) is 4. The van der Waals surface area contributed by atoms with Crippen LogP contribution >= 0.6 is 0 Å². The Morgan fingerprint density at radius 1 is 0.392 bits per heavy atom. The molecule has 4 aromatic heterocycles. The van der Waals surface area contributed by atoms with Gasteiger partial charge in [0, 0.05) is 49.1 Å². The van der Waals surface area contributed by atoms with Gasteiger partial charge in [0.15, 0.2) is 17.5 Å². The van der Waals surface area contributed by atoms with Gasteiger partial charge in [-0.2, -0.15) is 0 Å². The predicted octanol–water partition coefficient (Wildman–Crippen LogP) is 11.8. The Kier molecular flexibility index (Phi) is 5.86. The highest BCUT2D eigenvalue weighted by atomic mass is 16.3. The number of rotatable bonds is 4. The standard InChI is InChI=1S/C45H26N4O2/c1-2-12-28(13-3-1)49-36-20-7-4-16-33(36)41-34(18-11-21-37(41)49)44-46-43(27-24-25-31-29-14-5-8-22-38(29)50-40(31)26-27)47-45(48-44)35-19-10-17-32-30-15-6-9-23-39(30)51-42(32)35/h1-26H. The van der Waals surface area contributed by atoms with Gasteiger partial charge < -0.3 is 13.4 Å². The molecule has 0 spiro atoms. The Hall–Kier alpha value is -7.05. The minimum atomic E-state index is 0.535. The molecule has 0 aliphatic rings. The summed E-state index contributed by atoms with van der Waals surface area (Å²) >= 11 is 0. The molecule has 0 saturated carbocycles. The summed E-state index contributed by atoms with van der Waals surface area (Å²) < 4.78 is 15.1. The molecule has 0 fully saturated rings. The number of fused-ring (bicyclic) bond motifs is 9. The van der Waals surface area contributed by atoms with Gasteiger partial charge in [-0.15, -0.1) is 0 Å². The first kappa shape index (κ1) is 27.9. The summed E-state index contributed by atoms with van der Waals surface area (Å²) in [7, 11) is 0. The Morgan fingerprint density at radius 3 is 1.82 bits per heavy atom. The maximum Gasteiger partial charge on any atom is 0.167 e. The fraction of sp³-hybridized carbons (Fsp3) is 0.